The number of hydrogen-bond donors (Lipinski definition) is 5. The number of aliphatic carboxylic acids is 6. The maximum atomic E-state index is 9.74. The van der Waals surface area contributed by atoms with Gasteiger partial charge < -0.3 is 67.0 Å². The van der Waals surface area contributed by atoms with Gasteiger partial charge in [-0.3, -0.25) is 9.59 Å². The third-order valence-electron chi connectivity index (χ3n) is 2.08. The third kappa shape index (κ3) is 36.1. The predicted octanol–water partition coefficient (Wildman–Crippen LogP) is -15.1. The molecule has 0 amide bonds. The van der Waals surface area contributed by atoms with Crippen molar-refractivity contribution in [1.29, 1.82) is 0 Å². The summed E-state index contributed by atoms with van der Waals surface area (Å²) in [6.45, 7) is 0. The van der Waals surface area contributed by atoms with Crippen LogP contribution < -0.4 is 140 Å². The van der Waals surface area contributed by atoms with Crippen LogP contribution in [0, 0.1) is 0 Å². The van der Waals surface area contributed by atoms with E-state index < -0.39 is 73.2 Å². The molecule has 0 radical (unpaired) electrons. The van der Waals surface area contributed by atoms with E-state index in [-0.39, 0.29) is 126 Å². The van der Waals surface area contributed by atoms with Gasteiger partial charge in [-0.05, 0) is 0 Å². The van der Waals surface area contributed by atoms with E-state index in [0.29, 0.717) is 0 Å². The van der Waals surface area contributed by atoms with Gasteiger partial charge in [-0.1, -0.05) is 0 Å². The number of carbonyl (C=O) groups is 6. The predicted molar refractivity (Wildman–Crippen MR) is 78.8 cm³/mol. The first-order valence-corrected chi connectivity index (χ1v) is 6.64. The van der Waals surface area contributed by atoms with E-state index in [2.05, 4.69) is 0 Å². The average molecular weight is 498 g/mol. The van der Waals surface area contributed by atoms with Crippen LogP contribution in [0.3, 0.4) is 0 Å². The summed E-state index contributed by atoms with van der Waals surface area (Å²) < 4.78 is 0. The average Bonchev–Trinajstić information content (AvgIpc) is 2.46. The summed E-state index contributed by atoms with van der Waals surface area (Å²) in [6, 6.07) is -4.26. The Morgan fingerprint density at radius 3 is 0.867 bits per heavy atom. The number of carboxylic acids is 6. The Kier molecular flexibility index (Phi) is 38.5. The summed E-state index contributed by atoms with van der Waals surface area (Å²) in [5, 5.41) is 54.7. The van der Waals surface area contributed by atoms with Crippen LogP contribution in [0.25, 0.3) is 0 Å². The Bertz CT molecular complexity index is 490. The normalized spacial score (nSPS) is 11.3. The van der Waals surface area contributed by atoms with Crippen LogP contribution in [-0.4, -0.2) is 87.2 Å². The van der Waals surface area contributed by atoms with Gasteiger partial charge in [0.2, 0.25) is 0 Å². The fraction of sp³-hybridized carbons (Fsp3) is 0.500. The third-order valence-corrected chi connectivity index (χ3v) is 2.08. The smallest absolute Gasteiger partial charge is 0.550 e. The molecule has 0 aliphatic heterocycles. The zero-order chi connectivity index (χ0) is 22.3. The van der Waals surface area contributed by atoms with Crippen molar-refractivity contribution in [2.75, 3.05) is 0 Å². The minimum atomic E-state index is -1.58. The quantitative estimate of drug-likeness (QED) is 0.184. The Labute approximate surface area is 271 Å². The van der Waals surface area contributed by atoms with Gasteiger partial charge >= 0.3 is 138 Å². The Balaban J connectivity index is -0.0000000686. The van der Waals surface area contributed by atoms with Gasteiger partial charge in [0.1, 0.15) is 0 Å². The molecule has 3 unspecified atom stereocenters. The van der Waals surface area contributed by atoms with Gasteiger partial charge in [0.05, 0.1) is 42.8 Å². The van der Waals surface area contributed by atoms with Crippen molar-refractivity contribution in [1.82, 2.24) is 0 Å². The Morgan fingerprint density at radius 2 is 0.800 bits per heavy atom. The zero-order valence-corrected chi connectivity index (χ0v) is 23.9. The van der Waals surface area contributed by atoms with E-state index >= 15 is 0 Å². The molecule has 0 fully saturated rings. The molecule has 0 heterocycles. The van der Waals surface area contributed by atoms with Crippen LogP contribution in [0.1, 0.15) is 19.3 Å². The topological polar surface area (TPSA) is 313 Å². The van der Waals surface area contributed by atoms with E-state index in [1.165, 1.54) is 0 Å². The molecule has 30 heavy (non-hydrogen) atoms. The molecule has 0 saturated heterocycles. The van der Waals surface area contributed by atoms with Crippen LogP contribution in [0.15, 0.2) is 0 Å². The monoisotopic (exact) mass is 497 g/mol. The maximum absolute atomic E-state index is 9.74. The second-order valence-corrected chi connectivity index (χ2v) is 4.55. The fourth-order valence-corrected chi connectivity index (χ4v) is 0.806. The molecule has 15 nitrogen and oxygen atoms in total. The van der Waals surface area contributed by atoms with Gasteiger partial charge in [-0.2, -0.15) is 0 Å². The summed E-state index contributed by atoms with van der Waals surface area (Å²) in [7, 11) is 0. The number of hydrogen-bond acceptors (Lipinski definition) is 13. The van der Waals surface area contributed by atoms with Gasteiger partial charge in [-0.15, -0.1) is 0 Å². The van der Waals surface area contributed by atoms with Crippen LogP contribution in [0.2, 0.25) is 0 Å². The zero-order valence-electron chi connectivity index (χ0n) is 16.3. The Hall–Kier alpha value is 0.739. The van der Waals surface area contributed by atoms with Crippen molar-refractivity contribution in [2.24, 2.45) is 17.2 Å². The van der Waals surface area contributed by atoms with Crippen LogP contribution in [0.5, 0.6) is 0 Å². The minimum Gasteiger partial charge on any atom is -0.550 e. The van der Waals surface area contributed by atoms with E-state index in [0.717, 1.165) is 0 Å². The number of nitrogens with two attached hydrogens (primary N) is 3. The summed E-state index contributed by atoms with van der Waals surface area (Å²) in [4.78, 5) is 58.3. The molecule has 0 aromatic rings. The van der Waals surface area contributed by atoms with E-state index in [4.69, 9.17) is 27.4 Å². The summed E-state index contributed by atoms with van der Waals surface area (Å²) in [5.41, 5.74) is 14.3. The SMILES string of the molecule is NC(CC(=O)O)C(=O)[O-].NC(CC(=O)O)C(=O)[O-].NC(CC(=O)[O-])C(=O)[O-].[K+].[K+].[Mg+2]. The standard InChI is InChI=1S/3C4H7NO4.2K.Mg/c3*5-2(4(8)9)1-3(6)7;;;/h3*2H,1,5H2,(H,6,7)(H,8,9);;;/q;;;2*+1;+2/p-4. The number of carboxylic acid groups (broad SMARTS) is 6. The molecule has 18 heteroatoms. The molecule has 0 rings (SSSR count). The van der Waals surface area contributed by atoms with Crippen LogP contribution >= 0.6 is 0 Å². The Morgan fingerprint density at radius 1 is 0.600 bits per heavy atom. The molecule has 0 aliphatic carbocycles. The molecule has 8 N–H and O–H groups in total. The van der Waals surface area contributed by atoms with E-state index in [9.17, 15) is 49.2 Å². The molecule has 0 aromatic heterocycles. The van der Waals surface area contributed by atoms with Crippen molar-refractivity contribution in [3.63, 3.8) is 0 Å². The first-order chi connectivity index (χ1) is 12.1. The molecule has 0 aromatic carbocycles. The molecule has 0 aliphatic rings. The van der Waals surface area contributed by atoms with Crippen molar-refractivity contribution in [2.45, 2.75) is 37.4 Å². The van der Waals surface area contributed by atoms with Crippen LogP contribution in [-0.2, 0) is 28.8 Å². The summed E-state index contributed by atoms with van der Waals surface area (Å²) >= 11 is 0. The molecular weight excluding hydrogens is 481 g/mol. The van der Waals surface area contributed by atoms with Crippen molar-refractivity contribution < 1.29 is 162 Å². The first-order valence-electron chi connectivity index (χ1n) is 6.64. The second kappa shape index (κ2) is 26.0. The van der Waals surface area contributed by atoms with Crippen LogP contribution in [0.4, 0.5) is 0 Å². The molecule has 156 valence electrons. The molecular formula is C12H17K2MgN3O12. The number of carbonyl (C=O) groups excluding carboxylic acids is 4. The molecule has 0 spiro atoms. The van der Waals surface area contributed by atoms with Gasteiger partial charge in [0.15, 0.2) is 0 Å². The van der Waals surface area contributed by atoms with Crippen molar-refractivity contribution in [3.05, 3.63) is 0 Å². The maximum Gasteiger partial charge on any atom is 2.00 e. The summed E-state index contributed by atoms with van der Waals surface area (Å²) in [5.74, 6) is -8.65. The fourth-order valence-electron chi connectivity index (χ4n) is 0.806. The minimum absolute atomic E-state index is 0. The first kappa shape index (κ1) is 44.4. The van der Waals surface area contributed by atoms with E-state index in [1.807, 2.05) is 0 Å². The second-order valence-electron chi connectivity index (χ2n) is 4.55. The van der Waals surface area contributed by atoms with Crippen molar-refractivity contribution in [3.8, 4) is 0 Å². The molecule has 3 atom stereocenters. The molecule has 0 bridgehead atoms. The van der Waals surface area contributed by atoms with Crippen molar-refractivity contribution >= 4 is 58.9 Å². The van der Waals surface area contributed by atoms with Gasteiger partial charge in [-0.25, -0.2) is 0 Å². The number of rotatable bonds is 9. The summed E-state index contributed by atoms with van der Waals surface area (Å²) in [6.07, 6.45) is -1.90. The van der Waals surface area contributed by atoms with E-state index in [1.54, 1.807) is 0 Å². The molecule has 0 saturated carbocycles. The van der Waals surface area contributed by atoms with Gasteiger partial charge in [0.25, 0.3) is 0 Å². The van der Waals surface area contributed by atoms with Gasteiger partial charge in [0, 0.05) is 18.4 Å². The largest absolute Gasteiger partial charge is 2.00 e.